The van der Waals surface area contributed by atoms with Crippen molar-refractivity contribution in [1.29, 1.82) is 0 Å². The Bertz CT molecular complexity index is 201. The molecule has 0 aliphatic carbocycles. The lowest BCUT2D eigenvalue weighted by Crippen LogP contribution is -2.47. The molecule has 88 valence electrons. The van der Waals surface area contributed by atoms with E-state index in [-0.39, 0.29) is 6.10 Å². The van der Waals surface area contributed by atoms with Gasteiger partial charge in [0.15, 0.2) is 0 Å². The number of hydrogen-bond acceptors (Lipinski definition) is 3. The van der Waals surface area contributed by atoms with Gasteiger partial charge in [0.25, 0.3) is 0 Å². The van der Waals surface area contributed by atoms with Crippen LogP contribution in [0.4, 0.5) is 0 Å². The third kappa shape index (κ3) is 4.47. The zero-order chi connectivity index (χ0) is 11.1. The van der Waals surface area contributed by atoms with Gasteiger partial charge in [-0.05, 0) is 38.9 Å². The average Bonchev–Trinajstić information content (AvgIpc) is 2.15. The van der Waals surface area contributed by atoms with E-state index in [0.29, 0.717) is 0 Å². The molecule has 0 spiro atoms. The lowest BCUT2D eigenvalue weighted by Gasteiger charge is -2.33. The van der Waals surface area contributed by atoms with Crippen LogP contribution in [0.3, 0.4) is 0 Å². The lowest BCUT2D eigenvalue weighted by atomic mass is 10.2. The molecule has 2 atom stereocenters. The Labute approximate surface area is 94.1 Å². The monoisotopic (exact) mass is 229 g/mol. The van der Waals surface area contributed by atoms with Gasteiger partial charge in [0.2, 0.25) is 0 Å². The maximum absolute atomic E-state index is 6.14. The van der Waals surface area contributed by atoms with Gasteiger partial charge in [0.05, 0.1) is 6.10 Å². The first-order valence-corrected chi connectivity index (χ1v) is 8.36. The molecule has 2 unspecified atom stereocenters. The molecule has 0 saturated carbocycles. The molecule has 1 saturated heterocycles. The first-order chi connectivity index (χ1) is 7.20. The summed E-state index contributed by atoms with van der Waals surface area (Å²) in [4.78, 5) is 0. The summed E-state index contributed by atoms with van der Waals surface area (Å²) in [6.45, 7) is 10.7. The van der Waals surface area contributed by atoms with Gasteiger partial charge < -0.3 is 14.2 Å². The van der Waals surface area contributed by atoms with Crippen LogP contribution in [0.2, 0.25) is 12.6 Å². The molecule has 15 heavy (non-hydrogen) atoms. The van der Waals surface area contributed by atoms with Crippen LogP contribution >= 0.6 is 0 Å². The minimum Gasteiger partial charge on any atom is -0.395 e. The molecule has 0 aromatic heterocycles. The molecule has 1 heterocycles. The van der Waals surface area contributed by atoms with Gasteiger partial charge in [-0.15, -0.1) is 6.58 Å². The summed E-state index contributed by atoms with van der Waals surface area (Å²) in [5, 5.41) is 3.40. The van der Waals surface area contributed by atoms with Crippen molar-refractivity contribution >= 4 is 8.56 Å². The average molecular weight is 229 g/mol. The maximum Gasteiger partial charge on any atom is 0.335 e. The first-order valence-electron chi connectivity index (χ1n) is 5.83. The highest BCUT2D eigenvalue weighted by Gasteiger charge is 2.34. The third-order valence-corrected chi connectivity index (χ3v) is 5.64. The first kappa shape index (κ1) is 12.9. The van der Waals surface area contributed by atoms with Crippen LogP contribution in [0.15, 0.2) is 12.7 Å². The van der Waals surface area contributed by atoms with Crippen LogP contribution in [-0.4, -0.2) is 34.4 Å². The number of nitrogens with one attached hydrogen (secondary N) is 1. The van der Waals surface area contributed by atoms with Crippen LogP contribution in [0.1, 0.15) is 19.8 Å². The van der Waals surface area contributed by atoms with Crippen LogP contribution < -0.4 is 5.32 Å². The fourth-order valence-corrected chi connectivity index (χ4v) is 4.62. The molecule has 0 aromatic carbocycles. The second-order valence-corrected chi connectivity index (χ2v) is 7.43. The summed E-state index contributed by atoms with van der Waals surface area (Å²) in [6.07, 6.45) is 4.23. The van der Waals surface area contributed by atoms with E-state index >= 15 is 0 Å². The van der Waals surface area contributed by atoms with Crippen molar-refractivity contribution < 1.29 is 8.85 Å². The summed E-state index contributed by atoms with van der Waals surface area (Å²) < 4.78 is 12.0. The highest BCUT2D eigenvalue weighted by atomic mass is 28.4. The molecule has 1 aliphatic heterocycles. The molecule has 0 bridgehead atoms. The predicted octanol–water partition coefficient (Wildman–Crippen LogP) is 2.05. The summed E-state index contributed by atoms with van der Waals surface area (Å²) in [5.41, 5.74) is 0. The van der Waals surface area contributed by atoms with E-state index in [1.165, 1.54) is 0 Å². The van der Waals surface area contributed by atoms with E-state index in [9.17, 15) is 0 Å². The van der Waals surface area contributed by atoms with Gasteiger partial charge in [-0.1, -0.05) is 6.08 Å². The minimum absolute atomic E-state index is 0.242. The molecule has 0 amide bonds. The van der Waals surface area contributed by atoms with E-state index in [0.717, 1.165) is 38.6 Å². The topological polar surface area (TPSA) is 30.5 Å². The van der Waals surface area contributed by atoms with E-state index in [2.05, 4.69) is 18.4 Å². The van der Waals surface area contributed by atoms with Gasteiger partial charge in [-0.3, -0.25) is 0 Å². The highest BCUT2D eigenvalue weighted by Crippen LogP contribution is 2.20. The van der Waals surface area contributed by atoms with Crippen LogP contribution in [-0.2, 0) is 8.85 Å². The SMILES string of the molecule is C=CCC1CNCCC[Si](C)(OCC)O1. The maximum atomic E-state index is 6.14. The second-order valence-electron chi connectivity index (χ2n) is 4.14. The summed E-state index contributed by atoms with van der Waals surface area (Å²) in [7, 11) is -1.91. The van der Waals surface area contributed by atoms with Crippen molar-refractivity contribution in [2.75, 3.05) is 19.7 Å². The van der Waals surface area contributed by atoms with Crippen molar-refractivity contribution in [2.24, 2.45) is 0 Å². The molecule has 1 fully saturated rings. The summed E-state index contributed by atoms with van der Waals surface area (Å²) in [6, 6.07) is 1.08. The Morgan fingerprint density at radius 2 is 2.47 bits per heavy atom. The standard InChI is InChI=1S/C11H23NO2Si/c1-4-7-11-10-12-8-6-9-15(3,14-11)13-5-2/h4,11-12H,1,5-10H2,2-3H3. The zero-order valence-electron chi connectivity index (χ0n) is 9.92. The molecule has 1 rings (SSSR count). The molecular formula is C11H23NO2Si. The van der Waals surface area contributed by atoms with Gasteiger partial charge >= 0.3 is 8.56 Å². The Morgan fingerprint density at radius 3 is 3.13 bits per heavy atom. The van der Waals surface area contributed by atoms with Crippen LogP contribution in [0.25, 0.3) is 0 Å². The smallest absolute Gasteiger partial charge is 0.335 e. The summed E-state index contributed by atoms with van der Waals surface area (Å²) in [5.74, 6) is 0. The molecule has 1 N–H and O–H groups in total. The molecule has 0 radical (unpaired) electrons. The van der Waals surface area contributed by atoms with Crippen molar-refractivity contribution in [2.45, 2.75) is 38.5 Å². The van der Waals surface area contributed by atoms with Crippen molar-refractivity contribution in [3.05, 3.63) is 12.7 Å². The van der Waals surface area contributed by atoms with E-state index in [4.69, 9.17) is 8.85 Å². The highest BCUT2D eigenvalue weighted by molar-refractivity contribution is 6.66. The van der Waals surface area contributed by atoms with Crippen LogP contribution in [0, 0.1) is 0 Å². The fourth-order valence-electron chi connectivity index (χ4n) is 1.98. The minimum atomic E-state index is -1.91. The molecule has 0 aromatic rings. The Morgan fingerprint density at radius 1 is 1.67 bits per heavy atom. The molecular weight excluding hydrogens is 206 g/mol. The lowest BCUT2D eigenvalue weighted by molar-refractivity contribution is 0.114. The second kappa shape index (κ2) is 6.43. The normalized spacial score (nSPS) is 33.1. The van der Waals surface area contributed by atoms with Crippen molar-refractivity contribution in [3.8, 4) is 0 Å². The predicted molar refractivity (Wildman–Crippen MR) is 65.2 cm³/mol. The Kier molecular flexibility index (Phi) is 5.53. The van der Waals surface area contributed by atoms with Crippen LogP contribution in [0.5, 0.6) is 0 Å². The Hall–Kier alpha value is -0.163. The van der Waals surface area contributed by atoms with Gasteiger partial charge in [-0.25, -0.2) is 0 Å². The van der Waals surface area contributed by atoms with E-state index < -0.39 is 8.56 Å². The van der Waals surface area contributed by atoms with Crippen molar-refractivity contribution in [1.82, 2.24) is 5.32 Å². The van der Waals surface area contributed by atoms with E-state index in [1.807, 2.05) is 13.0 Å². The largest absolute Gasteiger partial charge is 0.395 e. The number of hydrogen-bond donors (Lipinski definition) is 1. The fraction of sp³-hybridized carbons (Fsp3) is 0.818. The summed E-state index contributed by atoms with van der Waals surface area (Å²) >= 11 is 0. The third-order valence-electron chi connectivity index (χ3n) is 2.65. The molecule has 4 heteroatoms. The molecule has 1 aliphatic rings. The zero-order valence-corrected chi connectivity index (χ0v) is 10.9. The quantitative estimate of drug-likeness (QED) is 0.591. The number of rotatable bonds is 4. The molecule has 3 nitrogen and oxygen atoms in total. The van der Waals surface area contributed by atoms with Gasteiger partial charge in [-0.2, -0.15) is 0 Å². The van der Waals surface area contributed by atoms with E-state index in [1.54, 1.807) is 0 Å². The Balaban J connectivity index is 2.55. The van der Waals surface area contributed by atoms with Crippen molar-refractivity contribution in [3.63, 3.8) is 0 Å². The van der Waals surface area contributed by atoms with Gasteiger partial charge in [0.1, 0.15) is 0 Å². The van der Waals surface area contributed by atoms with Gasteiger partial charge in [0, 0.05) is 13.2 Å².